The highest BCUT2D eigenvalue weighted by molar-refractivity contribution is 6.08. The third-order valence-electron chi connectivity index (χ3n) is 5.75. The monoisotopic (exact) mass is 581 g/mol. The van der Waals surface area contributed by atoms with Gasteiger partial charge >= 0.3 is 18.2 Å². The summed E-state index contributed by atoms with van der Waals surface area (Å²) < 4.78 is 31.4. The second-order valence-corrected chi connectivity index (χ2v) is 11.4. The standard InChI is InChI=1S/C29H32FN5O7/c1-28(2,3)41-26(38)35(27(39)42-29(4,5)6)25-31-12-10-20(34-25)19-15-33-23(18-11-13-40-22(18)19)32-14-16-8-7-9-17(21(16)30)24(36)37/h7-10,12,15H,11,13-14H2,1-6H3,(H,32,33)(H,36,37). The highest BCUT2D eigenvalue weighted by Crippen LogP contribution is 2.39. The zero-order valence-corrected chi connectivity index (χ0v) is 24.1. The molecule has 0 bridgehead atoms. The number of carboxylic acids is 1. The van der Waals surface area contributed by atoms with E-state index >= 15 is 0 Å². The van der Waals surface area contributed by atoms with Crippen LogP contribution in [0, 0.1) is 5.82 Å². The summed E-state index contributed by atoms with van der Waals surface area (Å²) in [6, 6.07) is 5.73. The first-order valence-electron chi connectivity index (χ1n) is 13.1. The average Bonchev–Trinajstić information content (AvgIpc) is 3.36. The lowest BCUT2D eigenvalue weighted by Gasteiger charge is -2.27. The van der Waals surface area contributed by atoms with Crippen LogP contribution in [-0.2, 0) is 22.4 Å². The third-order valence-corrected chi connectivity index (χ3v) is 5.75. The van der Waals surface area contributed by atoms with Crippen molar-refractivity contribution in [1.29, 1.82) is 0 Å². The van der Waals surface area contributed by atoms with Crippen LogP contribution in [0.1, 0.15) is 63.0 Å². The SMILES string of the molecule is CC(C)(C)OC(=O)N(C(=O)OC(C)(C)C)c1nccc(-c2cnc(NCc3cccc(C(=O)O)c3F)c3c2OCC3)n1. The van der Waals surface area contributed by atoms with E-state index in [0.717, 1.165) is 0 Å². The highest BCUT2D eigenvalue weighted by Gasteiger charge is 2.35. The summed E-state index contributed by atoms with van der Waals surface area (Å²) in [5.41, 5.74) is -0.573. The molecule has 12 nitrogen and oxygen atoms in total. The van der Waals surface area contributed by atoms with Crippen LogP contribution in [0.5, 0.6) is 5.75 Å². The molecule has 0 fully saturated rings. The number of anilines is 2. The molecule has 0 spiro atoms. The molecule has 2 N–H and O–H groups in total. The topological polar surface area (TPSA) is 153 Å². The molecule has 2 aromatic heterocycles. The van der Waals surface area contributed by atoms with Crippen LogP contribution in [0.4, 0.5) is 25.7 Å². The fourth-order valence-corrected chi connectivity index (χ4v) is 4.04. The van der Waals surface area contributed by atoms with Crippen molar-refractivity contribution in [1.82, 2.24) is 15.0 Å². The van der Waals surface area contributed by atoms with Crippen molar-refractivity contribution < 1.29 is 38.1 Å². The molecular weight excluding hydrogens is 549 g/mol. The number of nitrogens with zero attached hydrogens (tertiary/aromatic N) is 4. The van der Waals surface area contributed by atoms with Crippen molar-refractivity contribution >= 4 is 29.9 Å². The Hall–Kier alpha value is -4.81. The van der Waals surface area contributed by atoms with Crippen molar-refractivity contribution in [2.75, 3.05) is 16.8 Å². The van der Waals surface area contributed by atoms with Gasteiger partial charge in [-0.15, -0.1) is 4.90 Å². The van der Waals surface area contributed by atoms with Gasteiger partial charge in [0.05, 0.1) is 23.4 Å². The number of rotatable bonds is 6. The molecular formula is C29H32FN5O7. The molecule has 1 aromatic carbocycles. The van der Waals surface area contributed by atoms with E-state index in [1.54, 1.807) is 47.6 Å². The van der Waals surface area contributed by atoms with Gasteiger partial charge < -0.3 is 24.6 Å². The Bertz CT molecular complexity index is 1500. The second kappa shape index (κ2) is 11.6. The second-order valence-electron chi connectivity index (χ2n) is 11.4. The van der Waals surface area contributed by atoms with E-state index in [1.807, 2.05) is 0 Å². The number of carbonyl (C=O) groups is 3. The number of ether oxygens (including phenoxy) is 3. The Kier molecular flexibility index (Phi) is 8.32. The predicted molar refractivity (Wildman–Crippen MR) is 150 cm³/mol. The van der Waals surface area contributed by atoms with Crippen LogP contribution >= 0.6 is 0 Å². The van der Waals surface area contributed by atoms with Crippen LogP contribution < -0.4 is 15.0 Å². The first kappa shape index (κ1) is 30.2. The van der Waals surface area contributed by atoms with Gasteiger partial charge in [0.25, 0.3) is 0 Å². The minimum atomic E-state index is -1.35. The number of halogens is 1. The fraction of sp³-hybridized carbons (Fsp3) is 0.379. The summed E-state index contributed by atoms with van der Waals surface area (Å²) in [5, 5.41) is 12.3. The van der Waals surface area contributed by atoms with E-state index in [-0.39, 0.29) is 18.1 Å². The Morgan fingerprint density at radius 2 is 1.71 bits per heavy atom. The molecule has 1 aliphatic rings. The van der Waals surface area contributed by atoms with Gasteiger partial charge in [-0.25, -0.2) is 33.7 Å². The zero-order chi connectivity index (χ0) is 30.8. The van der Waals surface area contributed by atoms with E-state index in [9.17, 15) is 23.9 Å². The van der Waals surface area contributed by atoms with Crippen LogP contribution in [-0.4, -0.2) is 56.0 Å². The Morgan fingerprint density at radius 1 is 1.05 bits per heavy atom. The molecule has 0 unspecified atom stereocenters. The minimum absolute atomic E-state index is 0.00979. The molecule has 0 saturated carbocycles. The maximum absolute atomic E-state index is 14.6. The van der Waals surface area contributed by atoms with Gasteiger partial charge in [-0.2, -0.15) is 0 Å². The van der Waals surface area contributed by atoms with Gasteiger partial charge in [0.1, 0.15) is 28.6 Å². The number of aromatic nitrogens is 3. The molecule has 0 aliphatic carbocycles. The number of carboxylic acid groups (broad SMARTS) is 1. The molecule has 0 saturated heterocycles. The summed E-state index contributed by atoms with van der Waals surface area (Å²) in [6.45, 7) is 10.3. The normalized spacial score (nSPS) is 12.6. The number of aromatic carboxylic acids is 1. The molecule has 0 radical (unpaired) electrons. The summed E-state index contributed by atoms with van der Waals surface area (Å²) in [5.74, 6) is -1.54. The number of hydrogen-bond acceptors (Lipinski definition) is 10. The lowest BCUT2D eigenvalue weighted by Crippen LogP contribution is -2.44. The molecule has 3 heterocycles. The number of carbonyl (C=O) groups excluding carboxylic acids is 2. The van der Waals surface area contributed by atoms with Crippen LogP contribution in [0.3, 0.4) is 0 Å². The van der Waals surface area contributed by atoms with Crippen molar-refractivity contribution in [3.63, 3.8) is 0 Å². The molecule has 13 heteroatoms. The van der Waals surface area contributed by atoms with Gasteiger partial charge in [-0.05, 0) is 53.7 Å². The fourth-order valence-electron chi connectivity index (χ4n) is 4.04. The van der Waals surface area contributed by atoms with Crippen LogP contribution in [0.2, 0.25) is 0 Å². The highest BCUT2D eigenvalue weighted by atomic mass is 19.1. The van der Waals surface area contributed by atoms with Crippen LogP contribution in [0.15, 0.2) is 36.7 Å². The van der Waals surface area contributed by atoms with E-state index in [2.05, 4.69) is 20.3 Å². The number of imide groups is 1. The van der Waals surface area contributed by atoms with Crippen molar-refractivity contribution in [2.24, 2.45) is 0 Å². The quantitative estimate of drug-likeness (QED) is 0.374. The maximum atomic E-state index is 14.6. The van der Waals surface area contributed by atoms with E-state index < -0.39 is 40.7 Å². The van der Waals surface area contributed by atoms with Gasteiger partial charge in [0.15, 0.2) is 0 Å². The Morgan fingerprint density at radius 3 is 2.33 bits per heavy atom. The van der Waals surface area contributed by atoms with E-state index in [0.29, 0.717) is 46.3 Å². The number of fused-ring (bicyclic) bond motifs is 1. The molecule has 3 aromatic rings. The van der Waals surface area contributed by atoms with Gasteiger partial charge in [0.2, 0.25) is 5.95 Å². The Labute approximate surface area is 241 Å². The Balaban J connectivity index is 1.66. The maximum Gasteiger partial charge on any atom is 0.427 e. The lowest BCUT2D eigenvalue weighted by molar-refractivity contribution is 0.0426. The van der Waals surface area contributed by atoms with Gasteiger partial charge in [-0.1, -0.05) is 12.1 Å². The van der Waals surface area contributed by atoms with Crippen molar-refractivity contribution in [3.8, 4) is 17.0 Å². The largest absolute Gasteiger partial charge is 0.492 e. The number of hydrogen-bond donors (Lipinski definition) is 2. The smallest absolute Gasteiger partial charge is 0.427 e. The number of benzene rings is 1. The zero-order valence-electron chi connectivity index (χ0n) is 24.1. The van der Waals surface area contributed by atoms with Gasteiger partial charge in [-0.3, -0.25) is 0 Å². The van der Waals surface area contributed by atoms with E-state index in [1.165, 1.54) is 30.6 Å². The van der Waals surface area contributed by atoms with Crippen molar-refractivity contribution in [2.45, 2.75) is 65.7 Å². The third kappa shape index (κ3) is 6.90. The lowest BCUT2D eigenvalue weighted by atomic mass is 10.1. The van der Waals surface area contributed by atoms with E-state index in [4.69, 9.17) is 14.2 Å². The van der Waals surface area contributed by atoms with Crippen LogP contribution in [0.25, 0.3) is 11.3 Å². The summed E-state index contributed by atoms with van der Waals surface area (Å²) in [7, 11) is 0. The minimum Gasteiger partial charge on any atom is -0.492 e. The summed E-state index contributed by atoms with van der Waals surface area (Å²) in [4.78, 5) is 51.1. The molecule has 222 valence electrons. The number of pyridine rings is 1. The summed E-state index contributed by atoms with van der Waals surface area (Å²) >= 11 is 0. The van der Waals surface area contributed by atoms with Crippen molar-refractivity contribution in [3.05, 3.63) is 59.2 Å². The molecule has 4 rings (SSSR count). The molecule has 42 heavy (non-hydrogen) atoms. The first-order valence-corrected chi connectivity index (χ1v) is 13.1. The molecule has 2 amide bonds. The predicted octanol–water partition coefficient (Wildman–Crippen LogP) is 5.60. The summed E-state index contributed by atoms with van der Waals surface area (Å²) in [6.07, 6.45) is 1.36. The molecule has 0 atom stereocenters. The van der Waals surface area contributed by atoms with Gasteiger partial charge in [0, 0.05) is 36.5 Å². The number of nitrogens with one attached hydrogen (secondary N) is 1. The molecule has 1 aliphatic heterocycles. The first-order chi connectivity index (χ1) is 19.6. The average molecular weight is 582 g/mol. The number of amides is 2.